The maximum absolute atomic E-state index is 11.1. The minimum atomic E-state index is -0.332. The standard InChI is InChI=1S/C18H15BrN2O2/c19-12-7-8-17-16(10-12)14-5-2-6-15(14)18(20-17)11-3-1-4-13(9-11)21(22)23/h1-5,7-10,14-15,18,20H,6H2/t14-,15+,18-/m1/s1. The van der Waals surface area contributed by atoms with Crippen LogP contribution in [0.2, 0.25) is 0 Å². The van der Waals surface area contributed by atoms with Crippen molar-refractivity contribution in [3.8, 4) is 0 Å². The van der Waals surface area contributed by atoms with Crippen molar-refractivity contribution in [2.24, 2.45) is 5.92 Å². The molecule has 0 spiro atoms. The average molecular weight is 371 g/mol. The summed E-state index contributed by atoms with van der Waals surface area (Å²) >= 11 is 3.55. The van der Waals surface area contributed by atoms with Crippen molar-refractivity contribution >= 4 is 27.3 Å². The average Bonchev–Trinajstić information content (AvgIpc) is 3.04. The molecule has 1 aliphatic carbocycles. The van der Waals surface area contributed by atoms with Gasteiger partial charge in [-0.15, -0.1) is 0 Å². The topological polar surface area (TPSA) is 55.2 Å². The van der Waals surface area contributed by atoms with Gasteiger partial charge < -0.3 is 5.32 Å². The third kappa shape index (κ3) is 2.45. The second kappa shape index (κ2) is 5.49. The van der Waals surface area contributed by atoms with Crippen LogP contribution in [-0.2, 0) is 0 Å². The first-order valence-corrected chi connectivity index (χ1v) is 8.40. The van der Waals surface area contributed by atoms with Gasteiger partial charge in [-0.2, -0.15) is 0 Å². The van der Waals surface area contributed by atoms with Gasteiger partial charge in [0.1, 0.15) is 0 Å². The van der Waals surface area contributed by atoms with Crippen LogP contribution in [-0.4, -0.2) is 4.92 Å². The van der Waals surface area contributed by atoms with Crippen LogP contribution < -0.4 is 5.32 Å². The van der Waals surface area contributed by atoms with Gasteiger partial charge in [0.25, 0.3) is 5.69 Å². The molecule has 0 saturated carbocycles. The minimum absolute atomic E-state index is 0.0866. The summed E-state index contributed by atoms with van der Waals surface area (Å²) in [6.07, 6.45) is 5.47. The molecule has 4 rings (SSSR count). The number of nitrogens with zero attached hydrogens (tertiary/aromatic N) is 1. The first kappa shape index (κ1) is 14.5. The van der Waals surface area contributed by atoms with Crippen LogP contribution in [0.15, 0.2) is 59.1 Å². The number of halogens is 1. The van der Waals surface area contributed by atoms with E-state index in [1.165, 1.54) is 5.56 Å². The van der Waals surface area contributed by atoms with Crippen molar-refractivity contribution in [1.82, 2.24) is 0 Å². The maximum atomic E-state index is 11.1. The zero-order chi connectivity index (χ0) is 16.0. The van der Waals surface area contributed by atoms with Crippen LogP contribution in [0.1, 0.15) is 29.5 Å². The van der Waals surface area contributed by atoms with Crippen molar-refractivity contribution < 1.29 is 4.92 Å². The fourth-order valence-electron chi connectivity index (χ4n) is 3.73. The predicted molar refractivity (Wildman–Crippen MR) is 93.6 cm³/mol. The number of allylic oxidation sites excluding steroid dienone is 2. The summed E-state index contributed by atoms with van der Waals surface area (Å²) in [4.78, 5) is 10.7. The molecule has 0 bridgehead atoms. The van der Waals surface area contributed by atoms with Crippen LogP contribution in [0.5, 0.6) is 0 Å². The van der Waals surface area contributed by atoms with E-state index in [-0.39, 0.29) is 16.7 Å². The fourth-order valence-corrected chi connectivity index (χ4v) is 4.11. The Morgan fingerprint density at radius 2 is 2.09 bits per heavy atom. The number of hydrogen-bond donors (Lipinski definition) is 1. The van der Waals surface area contributed by atoms with Crippen molar-refractivity contribution in [2.75, 3.05) is 5.32 Å². The number of nitrogens with one attached hydrogen (secondary N) is 1. The third-order valence-corrected chi connectivity index (χ3v) is 5.26. The molecule has 2 aliphatic rings. The Balaban J connectivity index is 1.78. The van der Waals surface area contributed by atoms with Crippen LogP contribution in [0.3, 0.4) is 0 Å². The van der Waals surface area contributed by atoms with Crippen molar-refractivity contribution in [2.45, 2.75) is 18.4 Å². The molecule has 2 aromatic rings. The summed E-state index contributed by atoms with van der Waals surface area (Å²) in [5.41, 5.74) is 3.53. The van der Waals surface area contributed by atoms with Crippen LogP contribution >= 0.6 is 15.9 Å². The Hall–Kier alpha value is -2.14. The van der Waals surface area contributed by atoms with E-state index >= 15 is 0 Å². The van der Waals surface area contributed by atoms with Crippen molar-refractivity contribution in [3.05, 3.63) is 80.3 Å². The van der Waals surface area contributed by atoms with Gasteiger partial charge in [0.2, 0.25) is 0 Å². The van der Waals surface area contributed by atoms with Crippen LogP contribution in [0, 0.1) is 16.0 Å². The van der Waals surface area contributed by atoms with Crippen molar-refractivity contribution in [3.63, 3.8) is 0 Å². The van der Waals surface area contributed by atoms with E-state index in [4.69, 9.17) is 0 Å². The number of hydrogen-bond acceptors (Lipinski definition) is 3. The molecule has 5 heteroatoms. The molecule has 3 atom stereocenters. The molecule has 1 aliphatic heterocycles. The van der Waals surface area contributed by atoms with E-state index in [1.54, 1.807) is 18.2 Å². The highest BCUT2D eigenvalue weighted by Crippen LogP contribution is 2.50. The number of nitro benzene ring substituents is 1. The van der Waals surface area contributed by atoms with Gasteiger partial charge in [0.15, 0.2) is 0 Å². The van der Waals surface area contributed by atoms with E-state index in [0.29, 0.717) is 11.8 Å². The van der Waals surface area contributed by atoms with E-state index in [9.17, 15) is 10.1 Å². The van der Waals surface area contributed by atoms with E-state index in [1.807, 2.05) is 12.1 Å². The summed E-state index contributed by atoms with van der Waals surface area (Å²) in [6, 6.07) is 13.3. The Labute approximate surface area is 142 Å². The number of anilines is 1. The molecule has 0 saturated heterocycles. The lowest BCUT2D eigenvalue weighted by molar-refractivity contribution is -0.384. The Kier molecular flexibility index (Phi) is 3.45. The van der Waals surface area contributed by atoms with E-state index < -0.39 is 0 Å². The molecule has 1 N–H and O–H groups in total. The molecule has 4 nitrogen and oxygen atoms in total. The lowest BCUT2D eigenvalue weighted by Crippen LogP contribution is -2.29. The zero-order valence-electron chi connectivity index (χ0n) is 12.3. The number of fused-ring (bicyclic) bond motifs is 3. The molecule has 0 fully saturated rings. The largest absolute Gasteiger partial charge is 0.378 e. The molecule has 0 aromatic heterocycles. The minimum Gasteiger partial charge on any atom is -0.378 e. The van der Waals surface area contributed by atoms with Gasteiger partial charge in [0, 0.05) is 28.2 Å². The smallest absolute Gasteiger partial charge is 0.269 e. The summed E-state index contributed by atoms with van der Waals surface area (Å²) in [5.74, 6) is 0.742. The molecular weight excluding hydrogens is 356 g/mol. The quantitative estimate of drug-likeness (QED) is 0.449. The summed E-state index contributed by atoms with van der Waals surface area (Å²) < 4.78 is 1.07. The van der Waals surface area contributed by atoms with Crippen molar-refractivity contribution in [1.29, 1.82) is 0 Å². The number of non-ortho nitro benzene ring substituents is 1. The summed E-state index contributed by atoms with van der Waals surface area (Å²) in [7, 11) is 0. The first-order chi connectivity index (χ1) is 11.1. The number of benzene rings is 2. The molecule has 2 aromatic carbocycles. The monoisotopic (exact) mass is 370 g/mol. The zero-order valence-corrected chi connectivity index (χ0v) is 13.9. The third-order valence-electron chi connectivity index (χ3n) is 4.76. The lowest BCUT2D eigenvalue weighted by Gasteiger charge is -2.37. The van der Waals surface area contributed by atoms with Crippen LogP contribution in [0.25, 0.3) is 0 Å². The Morgan fingerprint density at radius 1 is 1.22 bits per heavy atom. The van der Waals surface area contributed by atoms with Gasteiger partial charge in [-0.05, 0) is 41.7 Å². The second-order valence-electron chi connectivity index (χ2n) is 6.06. The summed E-state index contributed by atoms with van der Waals surface area (Å²) in [6.45, 7) is 0. The van der Waals surface area contributed by atoms with Gasteiger partial charge in [-0.1, -0.05) is 40.2 Å². The van der Waals surface area contributed by atoms with Gasteiger partial charge in [0.05, 0.1) is 11.0 Å². The maximum Gasteiger partial charge on any atom is 0.269 e. The highest BCUT2D eigenvalue weighted by atomic mass is 79.9. The van der Waals surface area contributed by atoms with Crippen LogP contribution in [0.4, 0.5) is 11.4 Å². The number of rotatable bonds is 2. The highest BCUT2D eigenvalue weighted by molar-refractivity contribution is 9.10. The van der Waals surface area contributed by atoms with Gasteiger partial charge >= 0.3 is 0 Å². The molecule has 23 heavy (non-hydrogen) atoms. The predicted octanol–water partition coefficient (Wildman–Crippen LogP) is 5.18. The lowest BCUT2D eigenvalue weighted by atomic mass is 9.77. The SMILES string of the molecule is O=[N+]([O-])c1cccc([C@H]2Nc3ccc(Br)cc3[C@@H]3C=CC[C@H]23)c1. The normalized spacial score (nSPS) is 24.7. The summed E-state index contributed by atoms with van der Waals surface area (Å²) in [5, 5.41) is 14.7. The first-order valence-electron chi connectivity index (χ1n) is 7.60. The van der Waals surface area contributed by atoms with Gasteiger partial charge in [-0.25, -0.2) is 0 Å². The van der Waals surface area contributed by atoms with E-state index in [2.05, 4.69) is 45.5 Å². The molecule has 0 radical (unpaired) electrons. The molecule has 0 unspecified atom stereocenters. The highest BCUT2D eigenvalue weighted by Gasteiger charge is 2.38. The van der Waals surface area contributed by atoms with E-state index in [0.717, 1.165) is 22.1 Å². The molecule has 0 amide bonds. The second-order valence-corrected chi connectivity index (χ2v) is 6.97. The molecule has 1 heterocycles. The van der Waals surface area contributed by atoms with Gasteiger partial charge in [-0.3, -0.25) is 10.1 Å². The fraction of sp³-hybridized carbons (Fsp3) is 0.222. The molecule has 116 valence electrons. The number of nitro groups is 1. The molecular formula is C18H15BrN2O2. The Morgan fingerprint density at radius 3 is 2.91 bits per heavy atom. The Bertz CT molecular complexity index is 818.